The van der Waals surface area contributed by atoms with Gasteiger partial charge >= 0.3 is 0 Å². The van der Waals surface area contributed by atoms with Gasteiger partial charge in [-0.2, -0.15) is 5.26 Å². The number of anilines is 1. The molecule has 0 amide bonds. The Kier molecular flexibility index (Phi) is 5.19. The third kappa shape index (κ3) is 3.61. The molecule has 5 nitrogen and oxygen atoms in total. The van der Waals surface area contributed by atoms with Crippen LogP contribution in [0.5, 0.6) is 5.75 Å². The van der Waals surface area contributed by atoms with Gasteiger partial charge in [-0.05, 0) is 30.3 Å². The molecule has 6 heteroatoms. The van der Waals surface area contributed by atoms with Crippen molar-refractivity contribution in [3.05, 3.63) is 52.7 Å². The van der Waals surface area contributed by atoms with E-state index >= 15 is 0 Å². The Morgan fingerprint density at radius 2 is 2.04 bits per heavy atom. The summed E-state index contributed by atoms with van der Waals surface area (Å²) in [4.78, 5) is 8.90. The lowest BCUT2D eigenvalue weighted by molar-refractivity contribution is 0.245. The number of hydrogen-bond acceptors (Lipinski definition) is 5. The van der Waals surface area contributed by atoms with Crippen LogP contribution in [0.15, 0.2) is 36.5 Å². The fourth-order valence-corrected chi connectivity index (χ4v) is 3.16. The van der Waals surface area contributed by atoms with Crippen molar-refractivity contribution in [3.8, 4) is 11.8 Å². The molecule has 0 spiro atoms. The monoisotopic (exact) mass is 342 g/mol. The number of benzene rings is 1. The van der Waals surface area contributed by atoms with Crippen molar-refractivity contribution in [1.29, 1.82) is 5.26 Å². The number of pyridine rings is 1. The molecular formula is C18H19ClN4O. The summed E-state index contributed by atoms with van der Waals surface area (Å²) in [7, 11) is 1.68. The van der Waals surface area contributed by atoms with E-state index < -0.39 is 0 Å². The van der Waals surface area contributed by atoms with Gasteiger partial charge in [-0.3, -0.25) is 4.90 Å². The van der Waals surface area contributed by atoms with Crippen molar-refractivity contribution in [3.63, 3.8) is 0 Å². The van der Waals surface area contributed by atoms with Crippen LogP contribution in [-0.4, -0.2) is 43.2 Å². The molecule has 0 bridgehead atoms. The molecule has 0 radical (unpaired) electrons. The predicted molar refractivity (Wildman–Crippen MR) is 94.4 cm³/mol. The SMILES string of the molecule is COc1ccc(Cl)cc1CN1CCN(c2ncccc2C#N)CC1. The van der Waals surface area contributed by atoms with Crippen LogP contribution in [0.2, 0.25) is 5.02 Å². The number of aromatic nitrogens is 1. The zero-order valence-electron chi connectivity index (χ0n) is 13.6. The van der Waals surface area contributed by atoms with Crippen LogP contribution in [-0.2, 0) is 6.54 Å². The third-order valence-corrected chi connectivity index (χ3v) is 4.45. The van der Waals surface area contributed by atoms with E-state index in [2.05, 4.69) is 20.9 Å². The zero-order chi connectivity index (χ0) is 16.9. The standard InChI is InChI=1S/C18H19ClN4O/c1-24-17-5-4-16(19)11-15(17)13-22-7-9-23(10-8-22)18-14(12-20)3-2-6-21-18/h2-6,11H,7-10,13H2,1H3. The van der Waals surface area contributed by atoms with Gasteiger partial charge in [0.15, 0.2) is 0 Å². The molecule has 2 heterocycles. The molecule has 1 aromatic carbocycles. The Bertz CT molecular complexity index is 751. The number of piperazine rings is 1. The third-order valence-electron chi connectivity index (χ3n) is 4.22. The molecular weight excluding hydrogens is 324 g/mol. The van der Waals surface area contributed by atoms with E-state index in [0.717, 1.165) is 54.9 Å². The van der Waals surface area contributed by atoms with Gasteiger partial charge in [0.05, 0.1) is 12.7 Å². The van der Waals surface area contributed by atoms with E-state index in [9.17, 15) is 5.26 Å². The number of nitrogens with zero attached hydrogens (tertiary/aromatic N) is 4. The van der Waals surface area contributed by atoms with Gasteiger partial charge < -0.3 is 9.64 Å². The van der Waals surface area contributed by atoms with Gasteiger partial charge in [-0.25, -0.2) is 4.98 Å². The van der Waals surface area contributed by atoms with Gasteiger partial charge in [0.2, 0.25) is 0 Å². The van der Waals surface area contributed by atoms with Gasteiger partial charge in [-0.15, -0.1) is 0 Å². The van der Waals surface area contributed by atoms with Gasteiger partial charge in [-0.1, -0.05) is 11.6 Å². The lowest BCUT2D eigenvalue weighted by atomic mass is 10.1. The second-order valence-electron chi connectivity index (χ2n) is 5.71. The van der Waals surface area contributed by atoms with E-state index in [4.69, 9.17) is 16.3 Å². The van der Waals surface area contributed by atoms with E-state index in [1.165, 1.54) is 0 Å². The van der Waals surface area contributed by atoms with Crippen LogP contribution in [0.3, 0.4) is 0 Å². The Labute approximate surface area is 147 Å². The lowest BCUT2D eigenvalue weighted by Crippen LogP contribution is -2.46. The minimum Gasteiger partial charge on any atom is -0.496 e. The molecule has 1 fully saturated rings. The average Bonchev–Trinajstić information content (AvgIpc) is 2.62. The first kappa shape index (κ1) is 16.6. The van der Waals surface area contributed by atoms with Crippen LogP contribution in [0.4, 0.5) is 5.82 Å². The van der Waals surface area contributed by atoms with E-state index in [1.54, 1.807) is 19.4 Å². The molecule has 124 valence electrons. The van der Waals surface area contributed by atoms with Crippen LogP contribution < -0.4 is 9.64 Å². The first-order valence-electron chi connectivity index (χ1n) is 7.86. The number of rotatable bonds is 4. The smallest absolute Gasteiger partial charge is 0.146 e. The minimum atomic E-state index is 0.627. The molecule has 0 atom stereocenters. The van der Waals surface area contributed by atoms with Crippen molar-refractivity contribution in [2.75, 3.05) is 38.2 Å². The predicted octanol–water partition coefficient (Wildman–Crippen LogP) is 2.94. The summed E-state index contributed by atoms with van der Waals surface area (Å²) in [6.45, 7) is 4.28. The second-order valence-corrected chi connectivity index (χ2v) is 6.14. The molecule has 1 aliphatic heterocycles. The van der Waals surface area contributed by atoms with Crippen molar-refractivity contribution in [2.45, 2.75) is 6.54 Å². The minimum absolute atomic E-state index is 0.627. The molecule has 0 saturated carbocycles. The fraction of sp³-hybridized carbons (Fsp3) is 0.333. The highest BCUT2D eigenvalue weighted by Gasteiger charge is 2.21. The van der Waals surface area contributed by atoms with Gasteiger partial charge in [0.1, 0.15) is 17.6 Å². The van der Waals surface area contributed by atoms with Crippen LogP contribution in [0, 0.1) is 11.3 Å². The Morgan fingerprint density at radius 1 is 1.25 bits per heavy atom. The summed E-state index contributed by atoms with van der Waals surface area (Å²) in [5, 5.41) is 9.95. The number of hydrogen-bond donors (Lipinski definition) is 0. The molecule has 0 unspecified atom stereocenters. The van der Waals surface area contributed by atoms with Crippen molar-refractivity contribution >= 4 is 17.4 Å². The topological polar surface area (TPSA) is 52.4 Å². The average molecular weight is 343 g/mol. The summed E-state index contributed by atoms with van der Waals surface area (Å²) in [6.07, 6.45) is 1.74. The van der Waals surface area contributed by atoms with Crippen molar-refractivity contribution in [2.24, 2.45) is 0 Å². The summed E-state index contributed by atoms with van der Waals surface area (Å²) < 4.78 is 5.42. The summed E-state index contributed by atoms with van der Waals surface area (Å²) in [5.41, 5.74) is 1.72. The molecule has 1 aliphatic rings. The van der Waals surface area contributed by atoms with Crippen LogP contribution in [0.25, 0.3) is 0 Å². The molecule has 3 rings (SSSR count). The van der Waals surface area contributed by atoms with E-state index in [1.807, 2.05) is 24.3 Å². The van der Waals surface area contributed by atoms with E-state index in [-0.39, 0.29) is 0 Å². The molecule has 24 heavy (non-hydrogen) atoms. The Morgan fingerprint density at radius 3 is 2.75 bits per heavy atom. The summed E-state index contributed by atoms with van der Waals surface area (Å²) in [6, 6.07) is 11.5. The Hall–Kier alpha value is -2.29. The highest BCUT2D eigenvalue weighted by molar-refractivity contribution is 6.30. The van der Waals surface area contributed by atoms with Crippen molar-refractivity contribution in [1.82, 2.24) is 9.88 Å². The maximum Gasteiger partial charge on any atom is 0.146 e. The molecule has 1 aromatic heterocycles. The number of nitriles is 1. The quantitative estimate of drug-likeness (QED) is 0.855. The van der Waals surface area contributed by atoms with E-state index in [0.29, 0.717) is 5.56 Å². The molecule has 0 N–H and O–H groups in total. The number of ether oxygens (including phenoxy) is 1. The fourth-order valence-electron chi connectivity index (χ4n) is 2.97. The maximum absolute atomic E-state index is 9.23. The highest BCUT2D eigenvalue weighted by Crippen LogP contribution is 2.25. The zero-order valence-corrected chi connectivity index (χ0v) is 14.3. The first-order chi connectivity index (χ1) is 11.7. The molecule has 1 saturated heterocycles. The summed E-state index contributed by atoms with van der Waals surface area (Å²) >= 11 is 6.11. The molecule has 0 aliphatic carbocycles. The second kappa shape index (κ2) is 7.52. The number of methoxy groups -OCH3 is 1. The Balaban J connectivity index is 1.66. The number of halogens is 1. The van der Waals surface area contributed by atoms with Crippen LogP contribution in [0.1, 0.15) is 11.1 Å². The normalized spacial score (nSPS) is 15.1. The van der Waals surface area contributed by atoms with Crippen molar-refractivity contribution < 1.29 is 4.74 Å². The largest absolute Gasteiger partial charge is 0.496 e. The molecule has 2 aromatic rings. The highest BCUT2D eigenvalue weighted by atomic mass is 35.5. The summed E-state index contributed by atoms with van der Waals surface area (Å²) in [5.74, 6) is 1.64. The van der Waals surface area contributed by atoms with Gasteiger partial charge in [0, 0.05) is 49.5 Å². The maximum atomic E-state index is 9.23. The lowest BCUT2D eigenvalue weighted by Gasteiger charge is -2.35. The first-order valence-corrected chi connectivity index (χ1v) is 8.24. The van der Waals surface area contributed by atoms with Gasteiger partial charge in [0.25, 0.3) is 0 Å². The van der Waals surface area contributed by atoms with Crippen LogP contribution >= 0.6 is 11.6 Å².